The van der Waals surface area contributed by atoms with Crippen LogP contribution in [0.15, 0.2) is 53.4 Å². The highest BCUT2D eigenvalue weighted by atomic mass is 32.2. The lowest BCUT2D eigenvalue weighted by Gasteiger charge is -2.25. The molecular weight excluding hydrogens is 337 g/mol. The van der Waals surface area contributed by atoms with Crippen LogP contribution in [-0.4, -0.2) is 30.2 Å². The van der Waals surface area contributed by atoms with Gasteiger partial charge in [-0.2, -0.15) is 0 Å². The molecule has 25 heavy (non-hydrogen) atoms. The number of carbonyl (C=O) groups excluding carboxylic acids is 1. The summed E-state index contributed by atoms with van der Waals surface area (Å²) in [6.45, 7) is 0.807. The maximum atomic E-state index is 12.9. The number of likely N-dealkylation sites (tertiary alicyclic amines) is 1. The first-order valence-corrected chi connectivity index (χ1v) is 9.48. The van der Waals surface area contributed by atoms with E-state index in [4.69, 9.17) is 4.74 Å². The minimum absolute atomic E-state index is 0.137. The van der Waals surface area contributed by atoms with E-state index in [0.717, 1.165) is 35.6 Å². The predicted molar refractivity (Wildman–Crippen MR) is 98.4 cm³/mol. The van der Waals surface area contributed by atoms with Gasteiger partial charge in [0.05, 0.1) is 13.2 Å². The maximum absolute atomic E-state index is 12.9. The van der Waals surface area contributed by atoms with Crippen molar-refractivity contribution >= 4 is 17.7 Å². The third-order valence-corrected chi connectivity index (χ3v) is 5.46. The van der Waals surface area contributed by atoms with Crippen molar-refractivity contribution in [3.05, 3.63) is 59.9 Å². The number of carbonyl (C=O) groups is 1. The van der Waals surface area contributed by atoms with Crippen LogP contribution in [-0.2, 0) is 4.79 Å². The second-order valence-electron chi connectivity index (χ2n) is 6.07. The average molecular weight is 359 g/mol. The van der Waals surface area contributed by atoms with E-state index in [1.54, 1.807) is 31.0 Å². The topological polar surface area (TPSA) is 29.5 Å². The second-order valence-corrected chi connectivity index (χ2v) is 7.24. The Morgan fingerprint density at radius 2 is 2.08 bits per heavy atom. The molecule has 5 heteroatoms. The summed E-state index contributed by atoms with van der Waals surface area (Å²) < 4.78 is 18.2. The van der Waals surface area contributed by atoms with E-state index in [1.165, 1.54) is 12.1 Å². The zero-order chi connectivity index (χ0) is 17.6. The molecule has 0 N–H and O–H groups in total. The Morgan fingerprint density at radius 3 is 2.84 bits per heavy atom. The standard InChI is InChI=1S/C20H22FNO2S/c1-24-17-5-2-4-15(14-17)19-6-3-12-22(19)20(23)11-13-25-18-9-7-16(21)8-10-18/h2,4-5,7-10,14,19H,3,6,11-13H2,1H3. The number of amides is 1. The number of hydrogen-bond acceptors (Lipinski definition) is 3. The fraction of sp³-hybridized carbons (Fsp3) is 0.350. The summed E-state index contributed by atoms with van der Waals surface area (Å²) in [5.41, 5.74) is 1.14. The number of methoxy groups -OCH3 is 1. The van der Waals surface area contributed by atoms with Crippen molar-refractivity contribution in [2.75, 3.05) is 19.4 Å². The summed E-state index contributed by atoms with van der Waals surface area (Å²) in [6.07, 6.45) is 2.51. The van der Waals surface area contributed by atoms with Gasteiger partial charge in [0.2, 0.25) is 5.91 Å². The number of thioether (sulfide) groups is 1. The molecule has 0 radical (unpaired) electrons. The van der Waals surface area contributed by atoms with Crippen molar-refractivity contribution in [1.82, 2.24) is 4.90 Å². The Hall–Kier alpha value is -2.01. The van der Waals surface area contributed by atoms with Crippen molar-refractivity contribution in [3.8, 4) is 5.75 Å². The van der Waals surface area contributed by atoms with Gasteiger partial charge < -0.3 is 9.64 Å². The van der Waals surface area contributed by atoms with Crippen LogP contribution in [0.5, 0.6) is 5.75 Å². The fourth-order valence-electron chi connectivity index (χ4n) is 3.19. The lowest BCUT2D eigenvalue weighted by atomic mass is 10.0. The van der Waals surface area contributed by atoms with E-state index >= 15 is 0 Å². The molecule has 1 aliphatic heterocycles. The van der Waals surface area contributed by atoms with Crippen LogP contribution in [0.25, 0.3) is 0 Å². The van der Waals surface area contributed by atoms with E-state index in [9.17, 15) is 9.18 Å². The van der Waals surface area contributed by atoms with E-state index in [0.29, 0.717) is 12.2 Å². The minimum Gasteiger partial charge on any atom is -0.497 e. The molecule has 3 rings (SSSR count). The molecule has 1 fully saturated rings. The summed E-state index contributed by atoms with van der Waals surface area (Å²) in [5, 5.41) is 0. The molecular formula is C20H22FNO2S. The molecule has 132 valence electrons. The van der Waals surface area contributed by atoms with Gasteiger partial charge in [-0.25, -0.2) is 4.39 Å². The summed E-state index contributed by atoms with van der Waals surface area (Å²) >= 11 is 1.59. The highest BCUT2D eigenvalue weighted by Crippen LogP contribution is 2.34. The van der Waals surface area contributed by atoms with Crippen molar-refractivity contribution in [1.29, 1.82) is 0 Å². The molecule has 3 nitrogen and oxygen atoms in total. The number of benzene rings is 2. The van der Waals surface area contributed by atoms with Gasteiger partial charge in [-0.3, -0.25) is 4.79 Å². The number of halogens is 1. The summed E-state index contributed by atoms with van der Waals surface area (Å²) in [5.74, 6) is 1.47. The highest BCUT2D eigenvalue weighted by molar-refractivity contribution is 7.99. The van der Waals surface area contributed by atoms with Crippen LogP contribution >= 0.6 is 11.8 Å². The Balaban J connectivity index is 1.57. The summed E-state index contributed by atoms with van der Waals surface area (Å²) in [7, 11) is 1.66. The first-order chi connectivity index (χ1) is 12.2. The average Bonchev–Trinajstić information content (AvgIpc) is 3.13. The molecule has 1 saturated heterocycles. The molecule has 2 aromatic rings. The Bertz CT molecular complexity index is 720. The monoisotopic (exact) mass is 359 g/mol. The molecule has 0 aromatic heterocycles. The van der Waals surface area contributed by atoms with E-state index in [2.05, 4.69) is 6.07 Å². The van der Waals surface area contributed by atoms with Gasteiger partial charge in [-0.1, -0.05) is 12.1 Å². The molecule has 0 spiro atoms. The SMILES string of the molecule is COc1cccc(C2CCCN2C(=O)CCSc2ccc(F)cc2)c1. The second kappa shape index (κ2) is 8.39. The van der Waals surface area contributed by atoms with Gasteiger partial charge >= 0.3 is 0 Å². The van der Waals surface area contributed by atoms with Crippen LogP contribution in [0.4, 0.5) is 4.39 Å². The van der Waals surface area contributed by atoms with Crippen LogP contribution in [0.3, 0.4) is 0 Å². The number of ether oxygens (including phenoxy) is 1. The molecule has 1 unspecified atom stereocenters. The molecule has 0 aliphatic carbocycles. The molecule has 0 saturated carbocycles. The zero-order valence-electron chi connectivity index (χ0n) is 14.3. The zero-order valence-corrected chi connectivity index (χ0v) is 15.1. The smallest absolute Gasteiger partial charge is 0.223 e. The fourth-order valence-corrected chi connectivity index (χ4v) is 4.03. The lowest BCUT2D eigenvalue weighted by Crippen LogP contribution is -2.30. The molecule has 0 bridgehead atoms. The van der Waals surface area contributed by atoms with Crippen molar-refractivity contribution in [2.24, 2.45) is 0 Å². The van der Waals surface area contributed by atoms with Crippen molar-refractivity contribution in [3.63, 3.8) is 0 Å². The highest BCUT2D eigenvalue weighted by Gasteiger charge is 2.29. The first-order valence-electron chi connectivity index (χ1n) is 8.49. The normalized spacial score (nSPS) is 16.9. The Kier molecular flexibility index (Phi) is 5.97. The predicted octanol–water partition coefficient (Wildman–Crippen LogP) is 4.68. The quantitative estimate of drug-likeness (QED) is 0.702. The van der Waals surface area contributed by atoms with Crippen LogP contribution in [0.2, 0.25) is 0 Å². The Morgan fingerprint density at radius 1 is 1.28 bits per heavy atom. The van der Waals surface area contributed by atoms with Crippen LogP contribution < -0.4 is 4.74 Å². The minimum atomic E-state index is -0.237. The van der Waals surface area contributed by atoms with Gasteiger partial charge in [-0.05, 0) is 54.8 Å². The van der Waals surface area contributed by atoms with Crippen molar-refractivity contribution in [2.45, 2.75) is 30.2 Å². The van der Waals surface area contributed by atoms with Gasteiger partial charge in [0.1, 0.15) is 11.6 Å². The Labute approximate surface area is 152 Å². The van der Waals surface area contributed by atoms with Gasteiger partial charge in [-0.15, -0.1) is 11.8 Å². The number of rotatable bonds is 6. The van der Waals surface area contributed by atoms with E-state index in [1.807, 2.05) is 23.1 Å². The third kappa shape index (κ3) is 4.54. The van der Waals surface area contributed by atoms with Gasteiger partial charge in [0.15, 0.2) is 0 Å². The van der Waals surface area contributed by atoms with Gasteiger partial charge in [0.25, 0.3) is 0 Å². The lowest BCUT2D eigenvalue weighted by molar-refractivity contribution is -0.131. The molecule has 1 aliphatic rings. The largest absolute Gasteiger partial charge is 0.497 e. The molecule has 1 atom stereocenters. The maximum Gasteiger partial charge on any atom is 0.223 e. The molecule has 1 amide bonds. The van der Waals surface area contributed by atoms with Crippen LogP contribution in [0, 0.1) is 5.82 Å². The first kappa shape index (κ1) is 17.8. The van der Waals surface area contributed by atoms with Crippen molar-refractivity contribution < 1.29 is 13.9 Å². The number of hydrogen-bond donors (Lipinski definition) is 0. The summed E-state index contributed by atoms with van der Waals surface area (Å²) in [6, 6.07) is 14.5. The summed E-state index contributed by atoms with van der Waals surface area (Å²) in [4.78, 5) is 15.6. The molecule has 1 heterocycles. The number of nitrogens with zero attached hydrogens (tertiary/aromatic N) is 1. The third-order valence-electron chi connectivity index (χ3n) is 4.45. The molecule has 2 aromatic carbocycles. The van der Waals surface area contributed by atoms with E-state index in [-0.39, 0.29) is 17.8 Å². The van der Waals surface area contributed by atoms with Crippen LogP contribution in [0.1, 0.15) is 30.9 Å². The van der Waals surface area contributed by atoms with E-state index < -0.39 is 0 Å². The van der Waals surface area contributed by atoms with Gasteiger partial charge in [0, 0.05) is 23.6 Å².